The highest BCUT2D eigenvalue weighted by molar-refractivity contribution is 5.94. The fourth-order valence-corrected chi connectivity index (χ4v) is 2.92. The van der Waals surface area contributed by atoms with Crippen molar-refractivity contribution in [2.24, 2.45) is 11.7 Å². The van der Waals surface area contributed by atoms with Gasteiger partial charge in [-0.15, -0.1) is 12.4 Å². The Morgan fingerprint density at radius 3 is 2.44 bits per heavy atom. The molecule has 0 aromatic heterocycles. The molecule has 0 radical (unpaired) electrons. The van der Waals surface area contributed by atoms with E-state index in [0.717, 1.165) is 18.6 Å². The van der Waals surface area contributed by atoms with E-state index in [0.29, 0.717) is 30.4 Å². The number of hydrogen-bond acceptors (Lipinski definition) is 5. The van der Waals surface area contributed by atoms with Gasteiger partial charge in [-0.05, 0) is 55.2 Å². The Morgan fingerprint density at radius 2 is 1.78 bits per heavy atom. The summed E-state index contributed by atoms with van der Waals surface area (Å²) in [5, 5.41) is 2.87. The number of hydrogen-bond donors (Lipinski definition) is 2. The van der Waals surface area contributed by atoms with Crippen molar-refractivity contribution < 1.29 is 19.0 Å². The quantitative estimate of drug-likeness (QED) is 0.784. The van der Waals surface area contributed by atoms with Crippen LogP contribution in [-0.4, -0.2) is 32.3 Å². The standard InChI is InChI=1S/C20H24N2O4.ClH/c1-24-17-3-2-4-18(13-17)26-16-7-5-15(6-8-16)22-20(23)19(21)14-9-11-25-12-10-14;/h2-8,13-14,19H,9-12,21H2,1H3,(H,22,23);1H. The first-order chi connectivity index (χ1) is 12.7. The SMILES string of the molecule is COc1cccc(Oc2ccc(NC(=O)C(N)C3CCOCC3)cc2)c1.Cl. The van der Waals surface area contributed by atoms with Crippen LogP contribution >= 0.6 is 12.4 Å². The number of anilines is 1. The topological polar surface area (TPSA) is 82.8 Å². The summed E-state index contributed by atoms with van der Waals surface area (Å²) in [5.41, 5.74) is 6.79. The highest BCUT2D eigenvalue weighted by atomic mass is 35.5. The molecule has 1 aliphatic rings. The summed E-state index contributed by atoms with van der Waals surface area (Å²) in [5.74, 6) is 2.08. The first-order valence-corrected chi connectivity index (χ1v) is 8.72. The number of ether oxygens (including phenoxy) is 3. The summed E-state index contributed by atoms with van der Waals surface area (Å²) >= 11 is 0. The molecule has 0 saturated carbocycles. The van der Waals surface area contributed by atoms with Crippen molar-refractivity contribution in [1.29, 1.82) is 0 Å². The minimum absolute atomic E-state index is 0. The normalized spacial score (nSPS) is 15.3. The van der Waals surface area contributed by atoms with E-state index in [4.69, 9.17) is 19.9 Å². The molecule has 1 saturated heterocycles. The van der Waals surface area contributed by atoms with Gasteiger partial charge < -0.3 is 25.3 Å². The van der Waals surface area contributed by atoms with Crippen LogP contribution in [0.5, 0.6) is 17.2 Å². The molecule has 1 unspecified atom stereocenters. The van der Waals surface area contributed by atoms with Gasteiger partial charge in [0, 0.05) is 25.0 Å². The maximum absolute atomic E-state index is 12.3. The molecule has 1 fully saturated rings. The second-order valence-corrected chi connectivity index (χ2v) is 6.27. The summed E-state index contributed by atoms with van der Waals surface area (Å²) in [7, 11) is 1.61. The highest BCUT2D eigenvalue weighted by Gasteiger charge is 2.26. The number of amides is 1. The van der Waals surface area contributed by atoms with E-state index < -0.39 is 6.04 Å². The molecule has 3 rings (SSSR count). The zero-order valence-electron chi connectivity index (χ0n) is 15.2. The molecule has 27 heavy (non-hydrogen) atoms. The van der Waals surface area contributed by atoms with E-state index in [9.17, 15) is 4.79 Å². The Kier molecular flexibility index (Phi) is 7.91. The van der Waals surface area contributed by atoms with Crippen LogP contribution in [0.3, 0.4) is 0 Å². The summed E-state index contributed by atoms with van der Waals surface area (Å²) < 4.78 is 16.3. The van der Waals surface area contributed by atoms with Crippen molar-refractivity contribution in [1.82, 2.24) is 0 Å². The Bertz CT molecular complexity index is 733. The highest BCUT2D eigenvalue weighted by Crippen LogP contribution is 2.26. The molecule has 2 aromatic carbocycles. The number of methoxy groups -OCH3 is 1. The first kappa shape index (κ1) is 21.0. The van der Waals surface area contributed by atoms with Crippen LogP contribution in [0.4, 0.5) is 5.69 Å². The number of nitrogens with one attached hydrogen (secondary N) is 1. The summed E-state index contributed by atoms with van der Waals surface area (Å²) in [6, 6.07) is 14.0. The maximum Gasteiger partial charge on any atom is 0.241 e. The van der Waals surface area contributed by atoms with E-state index in [1.807, 2.05) is 24.3 Å². The lowest BCUT2D eigenvalue weighted by Gasteiger charge is -2.26. The van der Waals surface area contributed by atoms with Gasteiger partial charge in [-0.25, -0.2) is 0 Å². The molecule has 1 amide bonds. The zero-order chi connectivity index (χ0) is 18.4. The van der Waals surface area contributed by atoms with Crippen molar-refractivity contribution in [2.75, 3.05) is 25.6 Å². The second kappa shape index (κ2) is 10.2. The number of nitrogens with two attached hydrogens (primary N) is 1. The molecule has 3 N–H and O–H groups in total. The van der Waals surface area contributed by atoms with Gasteiger partial charge in [0.05, 0.1) is 13.2 Å². The number of benzene rings is 2. The van der Waals surface area contributed by atoms with E-state index in [1.54, 1.807) is 31.4 Å². The molecule has 146 valence electrons. The van der Waals surface area contributed by atoms with Crippen LogP contribution in [-0.2, 0) is 9.53 Å². The fourth-order valence-electron chi connectivity index (χ4n) is 2.92. The van der Waals surface area contributed by atoms with E-state index in [-0.39, 0.29) is 24.2 Å². The Morgan fingerprint density at radius 1 is 1.11 bits per heavy atom. The van der Waals surface area contributed by atoms with Crippen molar-refractivity contribution >= 4 is 24.0 Å². The Hall–Kier alpha value is -2.28. The third-order valence-corrected chi connectivity index (χ3v) is 4.48. The van der Waals surface area contributed by atoms with Gasteiger partial charge in [-0.1, -0.05) is 6.07 Å². The molecule has 0 aliphatic carbocycles. The number of halogens is 1. The van der Waals surface area contributed by atoms with Gasteiger partial charge in [0.15, 0.2) is 0 Å². The first-order valence-electron chi connectivity index (χ1n) is 8.72. The minimum atomic E-state index is -0.522. The van der Waals surface area contributed by atoms with Gasteiger partial charge in [-0.3, -0.25) is 4.79 Å². The lowest BCUT2D eigenvalue weighted by Crippen LogP contribution is -2.43. The van der Waals surface area contributed by atoms with Crippen molar-refractivity contribution in [2.45, 2.75) is 18.9 Å². The van der Waals surface area contributed by atoms with Crippen molar-refractivity contribution in [3.8, 4) is 17.2 Å². The molecule has 1 aliphatic heterocycles. The molecule has 0 bridgehead atoms. The van der Waals surface area contributed by atoms with Crippen LogP contribution in [0.15, 0.2) is 48.5 Å². The number of carbonyl (C=O) groups excluding carboxylic acids is 1. The molecule has 2 aromatic rings. The van der Waals surface area contributed by atoms with Gasteiger partial charge >= 0.3 is 0 Å². The van der Waals surface area contributed by atoms with Gasteiger partial charge in [0.1, 0.15) is 17.2 Å². The maximum atomic E-state index is 12.3. The predicted octanol–water partition coefficient (Wildman–Crippen LogP) is 3.60. The molecule has 6 nitrogen and oxygen atoms in total. The van der Waals surface area contributed by atoms with Crippen LogP contribution in [0.25, 0.3) is 0 Å². The third-order valence-electron chi connectivity index (χ3n) is 4.48. The summed E-state index contributed by atoms with van der Waals surface area (Å²) in [6.07, 6.45) is 1.64. The van der Waals surface area contributed by atoms with Gasteiger partial charge in [0.2, 0.25) is 5.91 Å². The molecule has 0 spiro atoms. The van der Waals surface area contributed by atoms with Gasteiger partial charge in [-0.2, -0.15) is 0 Å². The predicted molar refractivity (Wildman–Crippen MR) is 107 cm³/mol. The van der Waals surface area contributed by atoms with E-state index in [1.165, 1.54) is 0 Å². The second-order valence-electron chi connectivity index (χ2n) is 6.27. The third kappa shape index (κ3) is 5.85. The molecule has 1 atom stereocenters. The van der Waals surface area contributed by atoms with Crippen molar-refractivity contribution in [3.63, 3.8) is 0 Å². The fraction of sp³-hybridized carbons (Fsp3) is 0.350. The van der Waals surface area contributed by atoms with Crippen LogP contribution in [0, 0.1) is 5.92 Å². The average molecular weight is 393 g/mol. The molecular weight excluding hydrogens is 368 g/mol. The van der Waals surface area contributed by atoms with Gasteiger partial charge in [0.25, 0.3) is 0 Å². The van der Waals surface area contributed by atoms with Crippen LogP contribution < -0.4 is 20.5 Å². The summed E-state index contributed by atoms with van der Waals surface area (Å²) in [6.45, 7) is 1.34. The Balaban J connectivity index is 0.00000261. The monoisotopic (exact) mass is 392 g/mol. The Labute approximate surface area is 165 Å². The lowest BCUT2D eigenvalue weighted by molar-refractivity contribution is -0.119. The van der Waals surface area contributed by atoms with Crippen LogP contribution in [0.1, 0.15) is 12.8 Å². The lowest BCUT2D eigenvalue weighted by atomic mass is 9.92. The van der Waals surface area contributed by atoms with E-state index >= 15 is 0 Å². The summed E-state index contributed by atoms with van der Waals surface area (Å²) in [4.78, 5) is 12.3. The molecule has 7 heteroatoms. The molecular formula is C20H25ClN2O4. The zero-order valence-corrected chi connectivity index (χ0v) is 16.0. The molecule has 1 heterocycles. The number of rotatable bonds is 6. The number of carbonyl (C=O) groups is 1. The van der Waals surface area contributed by atoms with E-state index in [2.05, 4.69) is 5.32 Å². The average Bonchev–Trinajstić information content (AvgIpc) is 2.69. The minimum Gasteiger partial charge on any atom is -0.497 e. The van der Waals surface area contributed by atoms with Crippen molar-refractivity contribution in [3.05, 3.63) is 48.5 Å². The van der Waals surface area contributed by atoms with Crippen LogP contribution in [0.2, 0.25) is 0 Å². The smallest absolute Gasteiger partial charge is 0.241 e. The largest absolute Gasteiger partial charge is 0.497 e.